The average Bonchev–Trinajstić information content (AvgIpc) is 2.55. The van der Waals surface area contributed by atoms with Crippen LogP contribution in [0.1, 0.15) is 67.2 Å². The molecule has 0 aromatic carbocycles. The minimum absolute atomic E-state index is 0.0755. The summed E-state index contributed by atoms with van der Waals surface area (Å²) in [6, 6.07) is 0. The van der Waals surface area contributed by atoms with Crippen LogP contribution in [-0.2, 0) is 19.1 Å². The zero-order chi connectivity index (χ0) is 20.4. The molecule has 7 atom stereocenters. The molecule has 0 bridgehead atoms. The molecule has 3 fully saturated rings. The zero-order valence-corrected chi connectivity index (χ0v) is 17.5. The molecule has 1 aliphatic heterocycles. The van der Waals surface area contributed by atoms with E-state index in [1.807, 2.05) is 27.7 Å². The lowest BCUT2D eigenvalue weighted by Crippen LogP contribution is -2.71. The fraction of sp³-hybridized carbons (Fsp3) is 0.818. The van der Waals surface area contributed by atoms with Gasteiger partial charge in [0.15, 0.2) is 5.78 Å². The van der Waals surface area contributed by atoms with Crippen LogP contribution in [0, 0.1) is 22.7 Å². The summed E-state index contributed by atoms with van der Waals surface area (Å²) in [5.41, 5.74) is -2.37. The maximum absolute atomic E-state index is 13.3. The molecule has 5 nitrogen and oxygen atoms in total. The van der Waals surface area contributed by atoms with Gasteiger partial charge in [-0.15, -0.1) is 6.58 Å². The Morgan fingerprint density at radius 2 is 1.89 bits per heavy atom. The smallest absolute Gasteiger partial charge is 0.302 e. The van der Waals surface area contributed by atoms with Crippen molar-refractivity contribution in [2.24, 2.45) is 22.7 Å². The van der Waals surface area contributed by atoms with Crippen molar-refractivity contribution in [3.63, 3.8) is 0 Å². The Morgan fingerprint density at radius 1 is 1.26 bits per heavy atom. The highest BCUT2D eigenvalue weighted by Gasteiger charge is 2.69. The number of Topliss-reactive ketones (excluding diaryl/α,β-unsaturated/α-hetero) is 1. The van der Waals surface area contributed by atoms with Gasteiger partial charge < -0.3 is 14.6 Å². The zero-order valence-electron chi connectivity index (χ0n) is 17.5. The predicted molar refractivity (Wildman–Crippen MR) is 102 cm³/mol. The van der Waals surface area contributed by atoms with Crippen LogP contribution in [0.3, 0.4) is 0 Å². The highest BCUT2D eigenvalue weighted by atomic mass is 16.5. The standard InChI is InChI=1S/C22H34O5/c1-8-20(5)10-9-14-21(6)15(11-17(25)22(14,7)27-20)19(3,4)16(24)12-18(21)26-13(2)23/h8,14-16,18,24H,1,9-12H2,2-7H3. The highest BCUT2D eigenvalue weighted by molar-refractivity contribution is 5.89. The van der Waals surface area contributed by atoms with Crippen molar-refractivity contribution in [3.05, 3.63) is 12.7 Å². The van der Waals surface area contributed by atoms with Crippen molar-refractivity contribution in [1.82, 2.24) is 0 Å². The summed E-state index contributed by atoms with van der Waals surface area (Å²) in [6.07, 6.45) is 2.99. The van der Waals surface area contributed by atoms with Crippen molar-refractivity contribution in [2.45, 2.75) is 90.6 Å². The van der Waals surface area contributed by atoms with Crippen molar-refractivity contribution in [1.29, 1.82) is 0 Å². The molecule has 3 rings (SSSR count). The van der Waals surface area contributed by atoms with Crippen molar-refractivity contribution in [3.8, 4) is 0 Å². The average molecular weight is 379 g/mol. The number of ether oxygens (including phenoxy) is 2. The fourth-order valence-corrected chi connectivity index (χ4v) is 6.34. The van der Waals surface area contributed by atoms with Crippen molar-refractivity contribution >= 4 is 11.8 Å². The number of aliphatic hydroxyl groups excluding tert-OH is 1. The van der Waals surface area contributed by atoms with E-state index in [1.165, 1.54) is 6.92 Å². The largest absolute Gasteiger partial charge is 0.462 e. The second kappa shape index (κ2) is 6.15. The van der Waals surface area contributed by atoms with Crippen LogP contribution in [0.2, 0.25) is 0 Å². The van der Waals surface area contributed by atoms with E-state index < -0.39 is 34.2 Å². The molecule has 5 heteroatoms. The minimum Gasteiger partial charge on any atom is -0.462 e. The van der Waals surface area contributed by atoms with Crippen LogP contribution in [0.15, 0.2) is 12.7 Å². The number of ketones is 1. The van der Waals surface area contributed by atoms with Gasteiger partial charge in [-0.2, -0.15) is 0 Å². The van der Waals surface area contributed by atoms with E-state index in [0.717, 1.165) is 12.8 Å². The molecule has 0 spiro atoms. The van der Waals surface area contributed by atoms with Crippen LogP contribution in [-0.4, -0.2) is 40.3 Å². The number of hydrogen-bond donors (Lipinski definition) is 1. The maximum Gasteiger partial charge on any atom is 0.302 e. The summed E-state index contributed by atoms with van der Waals surface area (Å²) < 4.78 is 12.2. The first kappa shape index (κ1) is 20.5. The molecule has 0 radical (unpaired) electrons. The number of aliphatic hydroxyl groups is 1. The van der Waals surface area contributed by atoms with Gasteiger partial charge in [0.2, 0.25) is 0 Å². The summed E-state index contributed by atoms with van der Waals surface area (Å²) in [6.45, 7) is 15.4. The SMILES string of the molecule is C=CC1(C)CCC2C(C)(O1)C(=O)CC1C(C)(C)C(O)CC(OC(C)=O)C21C. The Hall–Kier alpha value is -1.20. The molecule has 0 aromatic rings. The first-order valence-corrected chi connectivity index (χ1v) is 10.0. The first-order chi connectivity index (χ1) is 12.3. The summed E-state index contributed by atoms with van der Waals surface area (Å²) in [5.74, 6) is -0.439. The molecular weight excluding hydrogens is 344 g/mol. The first-order valence-electron chi connectivity index (χ1n) is 10.0. The van der Waals surface area contributed by atoms with E-state index in [1.54, 1.807) is 6.08 Å². The molecule has 1 heterocycles. The van der Waals surface area contributed by atoms with Gasteiger partial charge in [0.1, 0.15) is 11.7 Å². The van der Waals surface area contributed by atoms with Gasteiger partial charge in [0, 0.05) is 31.1 Å². The molecule has 2 saturated carbocycles. The lowest BCUT2D eigenvalue weighted by atomic mass is 9.42. The van der Waals surface area contributed by atoms with Crippen LogP contribution in [0.25, 0.3) is 0 Å². The lowest BCUT2D eigenvalue weighted by Gasteiger charge is -2.66. The monoisotopic (exact) mass is 378 g/mol. The molecule has 3 aliphatic rings. The number of hydrogen-bond acceptors (Lipinski definition) is 5. The Labute approximate surface area is 162 Å². The Bertz CT molecular complexity index is 670. The Morgan fingerprint density at radius 3 is 2.44 bits per heavy atom. The summed E-state index contributed by atoms with van der Waals surface area (Å²) in [4.78, 5) is 25.2. The van der Waals surface area contributed by atoms with E-state index >= 15 is 0 Å². The molecular formula is C22H34O5. The fourth-order valence-electron chi connectivity index (χ4n) is 6.34. The van der Waals surface area contributed by atoms with Gasteiger partial charge in [-0.3, -0.25) is 9.59 Å². The molecule has 2 aliphatic carbocycles. The third kappa shape index (κ3) is 2.80. The van der Waals surface area contributed by atoms with E-state index in [9.17, 15) is 14.7 Å². The Kier molecular flexibility index (Phi) is 4.68. The van der Waals surface area contributed by atoms with Crippen LogP contribution < -0.4 is 0 Å². The second-order valence-electron chi connectivity index (χ2n) is 10.0. The van der Waals surface area contributed by atoms with Gasteiger partial charge in [0.05, 0.1) is 11.7 Å². The van der Waals surface area contributed by atoms with E-state index in [0.29, 0.717) is 12.8 Å². The molecule has 1 N–H and O–H groups in total. The summed E-state index contributed by atoms with van der Waals surface area (Å²) in [7, 11) is 0. The molecule has 0 aromatic heterocycles. The van der Waals surface area contributed by atoms with Crippen molar-refractivity contribution in [2.75, 3.05) is 0 Å². The number of rotatable bonds is 2. The van der Waals surface area contributed by atoms with E-state index in [4.69, 9.17) is 9.47 Å². The highest BCUT2D eigenvalue weighted by Crippen LogP contribution is 2.65. The molecule has 152 valence electrons. The van der Waals surface area contributed by atoms with Gasteiger partial charge in [0.25, 0.3) is 0 Å². The third-order valence-corrected chi connectivity index (χ3v) is 8.11. The van der Waals surface area contributed by atoms with Crippen LogP contribution >= 0.6 is 0 Å². The lowest BCUT2D eigenvalue weighted by molar-refractivity contribution is -0.272. The molecule has 27 heavy (non-hydrogen) atoms. The molecule has 1 saturated heterocycles. The van der Waals surface area contributed by atoms with Gasteiger partial charge in [-0.25, -0.2) is 0 Å². The number of carbonyl (C=O) groups excluding carboxylic acids is 2. The predicted octanol–water partition coefficient (Wildman–Crippen LogP) is 3.43. The van der Waals surface area contributed by atoms with Gasteiger partial charge >= 0.3 is 5.97 Å². The third-order valence-electron chi connectivity index (χ3n) is 8.11. The maximum atomic E-state index is 13.3. The molecule has 0 amide bonds. The number of esters is 1. The number of carbonyl (C=O) groups is 2. The number of fused-ring (bicyclic) bond motifs is 3. The van der Waals surface area contributed by atoms with E-state index in [2.05, 4.69) is 13.5 Å². The second-order valence-corrected chi connectivity index (χ2v) is 10.0. The van der Waals surface area contributed by atoms with Gasteiger partial charge in [-0.05, 0) is 38.0 Å². The van der Waals surface area contributed by atoms with Crippen molar-refractivity contribution < 1.29 is 24.2 Å². The van der Waals surface area contributed by atoms with E-state index in [-0.39, 0.29) is 23.6 Å². The normalized spacial score (nSPS) is 48.9. The van der Waals surface area contributed by atoms with Crippen LogP contribution in [0.5, 0.6) is 0 Å². The quantitative estimate of drug-likeness (QED) is 0.589. The molecule has 7 unspecified atom stereocenters. The summed E-state index contributed by atoms with van der Waals surface area (Å²) in [5, 5.41) is 10.8. The Balaban J connectivity index is 2.12. The van der Waals surface area contributed by atoms with Gasteiger partial charge in [-0.1, -0.05) is 26.8 Å². The minimum atomic E-state index is -0.941. The van der Waals surface area contributed by atoms with Crippen LogP contribution in [0.4, 0.5) is 0 Å². The topological polar surface area (TPSA) is 72.8 Å². The summed E-state index contributed by atoms with van der Waals surface area (Å²) >= 11 is 0.